The molecule has 2 aromatic heterocycles. The van der Waals surface area contributed by atoms with Crippen LogP contribution in [0.4, 0.5) is 0 Å². The predicted octanol–water partition coefficient (Wildman–Crippen LogP) is 3.35. The van der Waals surface area contributed by atoms with Crippen LogP contribution in [0.1, 0.15) is 30.6 Å². The van der Waals surface area contributed by atoms with Crippen molar-refractivity contribution >= 4 is 11.8 Å². The summed E-state index contributed by atoms with van der Waals surface area (Å²) >= 11 is 1.99. The van der Waals surface area contributed by atoms with Crippen molar-refractivity contribution < 1.29 is 4.42 Å². The van der Waals surface area contributed by atoms with Crippen molar-refractivity contribution in [3.8, 4) is 11.5 Å². The number of furan rings is 1. The van der Waals surface area contributed by atoms with Gasteiger partial charge in [0.05, 0.1) is 6.20 Å². The van der Waals surface area contributed by atoms with E-state index in [9.17, 15) is 0 Å². The van der Waals surface area contributed by atoms with Crippen LogP contribution < -0.4 is 5.32 Å². The Balaban J connectivity index is 1.63. The molecule has 0 aliphatic heterocycles. The van der Waals surface area contributed by atoms with Gasteiger partial charge in [0.1, 0.15) is 11.5 Å². The molecule has 0 spiro atoms. The largest absolute Gasteiger partial charge is 0.460 e. The normalized spacial score (nSPS) is 22.5. The molecule has 1 aliphatic carbocycles. The van der Waals surface area contributed by atoms with Gasteiger partial charge in [0.25, 0.3) is 0 Å². The fourth-order valence-corrected chi connectivity index (χ4v) is 3.62. The minimum Gasteiger partial charge on any atom is -0.460 e. The van der Waals surface area contributed by atoms with Gasteiger partial charge in [-0.1, -0.05) is 0 Å². The van der Waals surface area contributed by atoms with Crippen LogP contribution in [-0.4, -0.2) is 27.7 Å². The molecular formula is C15H21N3OS. The third-order valence-electron chi connectivity index (χ3n) is 4.00. The number of nitrogens with zero attached hydrogens (tertiary/aromatic N) is 1. The maximum absolute atomic E-state index is 5.67. The van der Waals surface area contributed by atoms with Gasteiger partial charge in [0, 0.05) is 23.4 Å². The Morgan fingerprint density at radius 1 is 1.45 bits per heavy atom. The summed E-state index contributed by atoms with van der Waals surface area (Å²) in [4.78, 5) is 0. The molecule has 0 radical (unpaired) electrons. The van der Waals surface area contributed by atoms with Crippen LogP contribution in [-0.2, 0) is 6.54 Å². The highest BCUT2D eigenvalue weighted by Gasteiger charge is 2.23. The molecule has 2 aromatic rings. The van der Waals surface area contributed by atoms with Gasteiger partial charge >= 0.3 is 0 Å². The minimum atomic E-state index is 0.633. The van der Waals surface area contributed by atoms with Crippen molar-refractivity contribution in [3.63, 3.8) is 0 Å². The number of rotatable bonds is 5. The van der Waals surface area contributed by atoms with Crippen LogP contribution in [0.25, 0.3) is 11.5 Å². The van der Waals surface area contributed by atoms with Gasteiger partial charge in [-0.25, -0.2) is 0 Å². The first-order valence-electron chi connectivity index (χ1n) is 7.11. The lowest BCUT2D eigenvalue weighted by Crippen LogP contribution is -2.26. The summed E-state index contributed by atoms with van der Waals surface area (Å²) < 4.78 is 5.67. The summed E-state index contributed by atoms with van der Waals surface area (Å²) in [5, 5.41) is 11.7. The van der Waals surface area contributed by atoms with Crippen LogP contribution in [0.15, 0.2) is 22.7 Å². The SMILES string of the molecule is CSC1CCC(NCc2cn[nH]c2-c2ccc(C)o2)C1. The highest BCUT2D eigenvalue weighted by Crippen LogP contribution is 2.29. The zero-order chi connectivity index (χ0) is 13.9. The summed E-state index contributed by atoms with van der Waals surface area (Å²) in [5.41, 5.74) is 2.16. The standard InChI is InChI=1S/C15H21N3OS/c1-10-3-6-14(19-10)15-11(9-17-18-15)8-16-12-4-5-13(7-12)20-2/h3,6,9,12-13,16H,4-5,7-8H2,1-2H3,(H,17,18). The monoisotopic (exact) mass is 291 g/mol. The Hall–Kier alpha value is -1.20. The number of aromatic amines is 1. The summed E-state index contributed by atoms with van der Waals surface area (Å²) in [5.74, 6) is 1.79. The molecule has 4 nitrogen and oxygen atoms in total. The van der Waals surface area contributed by atoms with Crippen LogP contribution >= 0.6 is 11.8 Å². The second-order valence-corrected chi connectivity index (χ2v) is 6.57. The molecule has 1 aliphatic rings. The van der Waals surface area contributed by atoms with E-state index in [1.165, 1.54) is 24.8 Å². The Morgan fingerprint density at radius 2 is 2.35 bits per heavy atom. The Morgan fingerprint density at radius 3 is 3.05 bits per heavy atom. The average molecular weight is 291 g/mol. The average Bonchev–Trinajstić information content (AvgIpc) is 3.16. The van der Waals surface area contributed by atoms with Gasteiger partial charge in [0.2, 0.25) is 0 Å². The Labute approximate surface area is 123 Å². The lowest BCUT2D eigenvalue weighted by Gasteiger charge is -2.12. The predicted molar refractivity (Wildman–Crippen MR) is 82.8 cm³/mol. The maximum atomic E-state index is 5.67. The van der Waals surface area contributed by atoms with Gasteiger partial charge in [-0.05, 0) is 44.6 Å². The first-order valence-corrected chi connectivity index (χ1v) is 8.40. The summed E-state index contributed by atoms with van der Waals surface area (Å²) in [7, 11) is 0. The van der Waals surface area contributed by atoms with E-state index >= 15 is 0 Å². The van der Waals surface area contributed by atoms with Crippen molar-refractivity contribution in [2.45, 2.75) is 44.0 Å². The van der Waals surface area contributed by atoms with Crippen molar-refractivity contribution in [3.05, 3.63) is 29.7 Å². The van der Waals surface area contributed by atoms with Crippen LogP contribution in [0.3, 0.4) is 0 Å². The van der Waals surface area contributed by atoms with E-state index in [0.29, 0.717) is 6.04 Å². The molecule has 2 unspecified atom stereocenters. The van der Waals surface area contributed by atoms with Gasteiger partial charge in [-0.2, -0.15) is 16.9 Å². The molecule has 0 amide bonds. The molecule has 108 valence electrons. The number of thioether (sulfide) groups is 1. The van der Waals surface area contributed by atoms with E-state index < -0.39 is 0 Å². The van der Waals surface area contributed by atoms with E-state index in [1.807, 2.05) is 37.0 Å². The minimum absolute atomic E-state index is 0.633. The number of aromatic nitrogens is 2. The summed E-state index contributed by atoms with van der Waals surface area (Å²) in [6.45, 7) is 2.80. The van der Waals surface area contributed by atoms with Gasteiger partial charge in [-0.15, -0.1) is 0 Å². The molecule has 2 heterocycles. The molecular weight excluding hydrogens is 270 g/mol. The van der Waals surface area contributed by atoms with E-state index in [2.05, 4.69) is 21.8 Å². The lowest BCUT2D eigenvalue weighted by molar-refractivity contribution is 0.522. The molecule has 0 saturated heterocycles. The number of nitrogens with one attached hydrogen (secondary N) is 2. The molecule has 2 atom stereocenters. The second kappa shape index (κ2) is 6.06. The summed E-state index contributed by atoms with van der Waals surface area (Å²) in [6.07, 6.45) is 7.98. The topological polar surface area (TPSA) is 53.9 Å². The number of hydrogen-bond donors (Lipinski definition) is 2. The van der Waals surface area contributed by atoms with E-state index in [1.54, 1.807) is 0 Å². The molecule has 2 N–H and O–H groups in total. The maximum Gasteiger partial charge on any atom is 0.152 e. The highest BCUT2D eigenvalue weighted by molar-refractivity contribution is 7.99. The first kappa shape index (κ1) is 13.8. The zero-order valence-corrected chi connectivity index (χ0v) is 12.8. The molecule has 0 bridgehead atoms. The van der Waals surface area contributed by atoms with Gasteiger partial charge < -0.3 is 9.73 Å². The van der Waals surface area contributed by atoms with Crippen molar-refractivity contribution in [1.29, 1.82) is 0 Å². The van der Waals surface area contributed by atoms with Crippen molar-refractivity contribution in [1.82, 2.24) is 15.5 Å². The Kier molecular flexibility index (Phi) is 4.17. The fraction of sp³-hybridized carbons (Fsp3) is 0.533. The highest BCUT2D eigenvalue weighted by atomic mass is 32.2. The second-order valence-electron chi connectivity index (χ2n) is 5.43. The third kappa shape index (κ3) is 2.94. The van der Waals surface area contributed by atoms with E-state index in [0.717, 1.165) is 29.0 Å². The third-order valence-corrected chi connectivity index (χ3v) is 5.10. The molecule has 1 saturated carbocycles. The number of H-pyrrole nitrogens is 1. The fourth-order valence-electron chi connectivity index (χ4n) is 2.82. The smallest absolute Gasteiger partial charge is 0.152 e. The van der Waals surface area contributed by atoms with E-state index in [-0.39, 0.29) is 0 Å². The lowest BCUT2D eigenvalue weighted by atomic mass is 10.2. The molecule has 1 fully saturated rings. The molecule has 0 aromatic carbocycles. The van der Waals surface area contributed by atoms with Crippen LogP contribution in [0, 0.1) is 6.92 Å². The van der Waals surface area contributed by atoms with Crippen LogP contribution in [0.2, 0.25) is 0 Å². The molecule has 5 heteroatoms. The van der Waals surface area contributed by atoms with Crippen molar-refractivity contribution in [2.24, 2.45) is 0 Å². The van der Waals surface area contributed by atoms with Crippen LogP contribution in [0.5, 0.6) is 0 Å². The van der Waals surface area contributed by atoms with E-state index in [4.69, 9.17) is 4.42 Å². The van der Waals surface area contributed by atoms with Gasteiger partial charge in [-0.3, -0.25) is 5.10 Å². The van der Waals surface area contributed by atoms with Crippen molar-refractivity contribution in [2.75, 3.05) is 6.26 Å². The first-order chi connectivity index (χ1) is 9.76. The number of hydrogen-bond acceptors (Lipinski definition) is 4. The molecule has 3 rings (SSSR count). The number of aryl methyl sites for hydroxylation is 1. The molecule has 20 heavy (non-hydrogen) atoms. The Bertz CT molecular complexity index is 563. The summed E-state index contributed by atoms with van der Waals surface area (Å²) in [6, 6.07) is 4.60. The zero-order valence-electron chi connectivity index (χ0n) is 12.0. The van der Waals surface area contributed by atoms with Gasteiger partial charge in [0.15, 0.2) is 5.76 Å². The quantitative estimate of drug-likeness (QED) is 0.887.